The first kappa shape index (κ1) is 21.0. The van der Waals surface area contributed by atoms with Crippen molar-refractivity contribution in [3.63, 3.8) is 0 Å². The number of hydrogen-bond acceptors (Lipinski definition) is 5. The van der Waals surface area contributed by atoms with Crippen LogP contribution in [0.15, 0.2) is 78.9 Å². The van der Waals surface area contributed by atoms with Gasteiger partial charge in [-0.15, -0.1) is 0 Å². The minimum atomic E-state index is -2.17. The maximum atomic E-state index is 12.2. The molecule has 0 aliphatic carbocycles. The van der Waals surface area contributed by atoms with Gasteiger partial charge in [0, 0.05) is 22.8 Å². The molecule has 0 bridgehead atoms. The van der Waals surface area contributed by atoms with Gasteiger partial charge in [0.05, 0.1) is 0 Å². The zero-order valence-electron chi connectivity index (χ0n) is 15.7. The number of anilines is 3. The van der Waals surface area contributed by atoms with Crippen LogP contribution in [-0.4, -0.2) is 20.9 Å². The van der Waals surface area contributed by atoms with Gasteiger partial charge in [-0.3, -0.25) is 9.53 Å². The molecule has 0 spiro atoms. The van der Waals surface area contributed by atoms with Crippen LogP contribution in [0.1, 0.15) is 5.56 Å². The van der Waals surface area contributed by atoms with E-state index in [1.54, 1.807) is 72.8 Å². The molecule has 1 atom stereocenters. The van der Waals surface area contributed by atoms with E-state index in [-0.39, 0.29) is 5.75 Å². The maximum absolute atomic E-state index is 12.2. The van der Waals surface area contributed by atoms with Crippen LogP contribution >= 0.6 is 0 Å². The molecule has 8 nitrogen and oxygen atoms in total. The largest absolute Gasteiger partial charge is 0.772 e. The number of hydrogen-bond donors (Lipinski definition) is 3. The van der Waals surface area contributed by atoms with Crippen molar-refractivity contribution in [1.29, 1.82) is 0 Å². The van der Waals surface area contributed by atoms with E-state index < -0.39 is 23.2 Å². The van der Waals surface area contributed by atoms with Crippen molar-refractivity contribution in [3.05, 3.63) is 84.4 Å². The number of amides is 3. The van der Waals surface area contributed by atoms with Gasteiger partial charge < -0.3 is 19.9 Å². The van der Waals surface area contributed by atoms with Crippen LogP contribution in [0.3, 0.4) is 0 Å². The van der Waals surface area contributed by atoms with Crippen molar-refractivity contribution < 1.29 is 23.1 Å². The van der Waals surface area contributed by atoms with E-state index in [4.69, 9.17) is 4.74 Å². The molecular formula is C21H18N3O5S-. The van der Waals surface area contributed by atoms with Gasteiger partial charge in [0.25, 0.3) is 0 Å². The predicted molar refractivity (Wildman–Crippen MR) is 114 cm³/mol. The van der Waals surface area contributed by atoms with Crippen molar-refractivity contribution in [3.8, 4) is 5.75 Å². The van der Waals surface area contributed by atoms with Crippen molar-refractivity contribution in [2.75, 3.05) is 16.0 Å². The van der Waals surface area contributed by atoms with Crippen LogP contribution in [0.2, 0.25) is 0 Å². The Labute approximate surface area is 175 Å². The van der Waals surface area contributed by atoms with Gasteiger partial charge in [0.1, 0.15) is 5.75 Å². The molecule has 0 fully saturated rings. The molecule has 3 aromatic rings. The summed E-state index contributed by atoms with van der Waals surface area (Å²) in [7, 11) is 0. The van der Waals surface area contributed by atoms with E-state index in [9.17, 15) is 18.4 Å². The van der Waals surface area contributed by atoms with Gasteiger partial charge in [-0.25, -0.2) is 9.59 Å². The smallest absolute Gasteiger partial charge is 0.417 e. The third-order valence-corrected chi connectivity index (χ3v) is 4.39. The lowest BCUT2D eigenvalue weighted by molar-refractivity contribution is 0.215. The number of benzene rings is 3. The molecule has 0 aliphatic rings. The fourth-order valence-corrected chi connectivity index (χ4v) is 2.99. The second-order valence-corrected chi connectivity index (χ2v) is 7.03. The quantitative estimate of drug-likeness (QED) is 0.509. The Kier molecular flexibility index (Phi) is 7.14. The number of carbonyl (C=O) groups excluding carboxylic acids is 2. The second-order valence-electron chi connectivity index (χ2n) is 6.13. The topological polar surface area (TPSA) is 120 Å². The lowest BCUT2D eigenvalue weighted by atomic mass is 10.2. The molecule has 0 aromatic heterocycles. The van der Waals surface area contributed by atoms with Gasteiger partial charge in [-0.1, -0.05) is 47.5 Å². The molecule has 3 rings (SSSR count). The van der Waals surface area contributed by atoms with Gasteiger partial charge in [-0.05, 0) is 48.0 Å². The summed E-state index contributed by atoms with van der Waals surface area (Å²) in [5.41, 5.74) is 2.04. The lowest BCUT2D eigenvalue weighted by Gasteiger charge is -2.11. The molecule has 0 heterocycles. The predicted octanol–water partition coefficient (Wildman–Crippen LogP) is 4.32. The summed E-state index contributed by atoms with van der Waals surface area (Å²) in [6.07, 6.45) is -0.651. The Bertz CT molecular complexity index is 1040. The van der Waals surface area contributed by atoms with Crippen LogP contribution in [0.4, 0.5) is 26.7 Å². The molecule has 0 radical (unpaired) electrons. The SMILES string of the molecule is O=C(Nc1ccc(CS(=O)[O-])cc1)Nc1cccc(NC(=O)Oc2ccccc2)c1. The first-order chi connectivity index (χ1) is 14.5. The third kappa shape index (κ3) is 6.73. The molecule has 9 heteroatoms. The molecule has 1 unspecified atom stereocenters. The molecule has 0 aliphatic heterocycles. The highest BCUT2D eigenvalue weighted by atomic mass is 32.2. The molecule has 30 heavy (non-hydrogen) atoms. The van der Waals surface area contributed by atoms with E-state index in [1.165, 1.54) is 0 Å². The highest BCUT2D eigenvalue weighted by molar-refractivity contribution is 7.78. The number of para-hydroxylation sites is 1. The lowest BCUT2D eigenvalue weighted by Crippen LogP contribution is -2.20. The van der Waals surface area contributed by atoms with Crippen LogP contribution in [0, 0.1) is 0 Å². The highest BCUT2D eigenvalue weighted by Gasteiger charge is 2.07. The van der Waals surface area contributed by atoms with Crippen LogP contribution in [0.25, 0.3) is 0 Å². The number of urea groups is 1. The van der Waals surface area contributed by atoms with Gasteiger partial charge in [-0.2, -0.15) is 0 Å². The van der Waals surface area contributed by atoms with Crippen LogP contribution in [-0.2, 0) is 16.8 Å². The molecule has 0 saturated heterocycles. The van der Waals surface area contributed by atoms with Crippen molar-refractivity contribution in [2.45, 2.75) is 5.75 Å². The normalized spacial score (nSPS) is 11.2. The first-order valence-corrected chi connectivity index (χ1v) is 10.1. The van der Waals surface area contributed by atoms with Crippen LogP contribution < -0.4 is 20.7 Å². The Morgan fingerprint density at radius 3 is 2.10 bits per heavy atom. The third-order valence-electron chi connectivity index (χ3n) is 3.82. The number of ether oxygens (including phenoxy) is 1. The van der Waals surface area contributed by atoms with E-state index >= 15 is 0 Å². The fourth-order valence-electron chi connectivity index (χ4n) is 2.53. The Balaban J connectivity index is 1.54. The van der Waals surface area contributed by atoms with Crippen molar-refractivity contribution in [1.82, 2.24) is 0 Å². The summed E-state index contributed by atoms with van der Waals surface area (Å²) in [5.74, 6) is 0.329. The minimum Gasteiger partial charge on any atom is -0.772 e. The summed E-state index contributed by atoms with van der Waals surface area (Å²) < 4.78 is 26.6. The minimum absolute atomic E-state index is 0.0843. The molecule has 3 N–H and O–H groups in total. The van der Waals surface area contributed by atoms with Crippen molar-refractivity contribution >= 4 is 40.3 Å². The first-order valence-electron chi connectivity index (χ1n) is 8.85. The summed E-state index contributed by atoms with van der Waals surface area (Å²) in [6, 6.07) is 21.2. The number of rotatable bonds is 6. The highest BCUT2D eigenvalue weighted by Crippen LogP contribution is 2.17. The molecule has 154 valence electrons. The molecule has 3 amide bonds. The number of carbonyl (C=O) groups is 2. The average molecular weight is 424 g/mol. The molecule has 3 aromatic carbocycles. The van der Waals surface area contributed by atoms with E-state index in [1.807, 2.05) is 6.07 Å². The molecular weight excluding hydrogens is 406 g/mol. The standard InChI is InChI=1S/C21H19N3O5S/c25-20(22-16-11-9-15(10-12-16)14-30(27)28)23-17-5-4-6-18(13-17)24-21(26)29-19-7-2-1-3-8-19/h1-13H,14H2,(H,24,26)(H,27,28)(H2,22,23,25)/p-1. The van der Waals surface area contributed by atoms with Crippen molar-refractivity contribution in [2.24, 2.45) is 0 Å². The molecule has 0 saturated carbocycles. The monoisotopic (exact) mass is 424 g/mol. The average Bonchev–Trinajstić information content (AvgIpc) is 2.70. The summed E-state index contributed by atoms with van der Waals surface area (Å²) in [6.45, 7) is 0. The van der Waals surface area contributed by atoms with Crippen LogP contribution in [0.5, 0.6) is 5.75 Å². The fraction of sp³-hybridized carbons (Fsp3) is 0.0476. The zero-order chi connectivity index (χ0) is 21.3. The van der Waals surface area contributed by atoms with E-state index in [0.29, 0.717) is 28.4 Å². The summed E-state index contributed by atoms with van der Waals surface area (Å²) >= 11 is -2.17. The second kappa shape index (κ2) is 10.2. The van der Waals surface area contributed by atoms with Gasteiger partial charge in [0.2, 0.25) is 0 Å². The van der Waals surface area contributed by atoms with Gasteiger partial charge in [0.15, 0.2) is 0 Å². The Morgan fingerprint density at radius 1 is 0.800 bits per heavy atom. The zero-order valence-corrected chi connectivity index (χ0v) is 16.5. The van der Waals surface area contributed by atoms with Gasteiger partial charge >= 0.3 is 12.1 Å². The Hall–Kier alpha value is -3.69. The summed E-state index contributed by atoms with van der Waals surface area (Å²) in [4.78, 5) is 24.2. The maximum Gasteiger partial charge on any atom is 0.417 e. The van der Waals surface area contributed by atoms with E-state index in [2.05, 4.69) is 16.0 Å². The number of nitrogens with one attached hydrogen (secondary N) is 3. The Morgan fingerprint density at radius 2 is 1.43 bits per heavy atom. The van der Waals surface area contributed by atoms with E-state index in [0.717, 1.165) is 0 Å². The summed E-state index contributed by atoms with van der Waals surface area (Å²) in [5, 5.41) is 7.90.